The first-order chi connectivity index (χ1) is 21.4. The molecule has 1 saturated heterocycles. The van der Waals surface area contributed by atoms with Gasteiger partial charge in [-0.1, -0.05) is 17.7 Å². The molecular formula is C31H31ClFN7O5. The number of halogens is 2. The van der Waals surface area contributed by atoms with E-state index in [1.54, 1.807) is 32.6 Å². The van der Waals surface area contributed by atoms with Crippen LogP contribution in [0, 0.1) is 12.7 Å². The highest BCUT2D eigenvalue weighted by molar-refractivity contribution is 6.36. The van der Waals surface area contributed by atoms with Gasteiger partial charge in [0.25, 0.3) is 0 Å². The predicted octanol–water partition coefficient (Wildman–Crippen LogP) is 4.74. The Hall–Kier alpha value is -4.52. The summed E-state index contributed by atoms with van der Waals surface area (Å²) in [5, 5.41) is 11.0. The van der Waals surface area contributed by atoms with Gasteiger partial charge in [-0.2, -0.15) is 4.98 Å². The summed E-state index contributed by atoms with van der Waals surface area (Å²) in [6.45, 7) is 8.11. The first-order valence-electron chi connectivity index (χ1n) is 14.8. The number of benzene rings is 1. The molecule has 0 spiro atoms. The van der Waals surface area contributed by atoms with Crippen LogP contribution in [0.1, 0.15) is 50.9 Å². The summed E-state index contributed by atoms with van der Waals surface area (Å²) in [7, 11) is 0. The SMILES string of the molecule is Cc1ncnc(C2CC2)c1-n1c(=O)nc2c3c(c(Cl)c(-c4c(O)cccc4F)nc31)OC[C@H]1CN(C(=O)OC(C)(C)C)CCN21. The van der Waals surface area contributed by atoms with Gasteiger partial charge in [0.05, 0.1) is 28.7 Å². The van der Waals surface area contributed by atoms with Crippen LogP contribution < -0.4 is 15.3 Å². The van der Waals surface area contributed by atoms with Gasteiger partial charge in [-0.05, 0) is 52.7 Å². The molecule has 14 heteroatoms. The molecule has 234 valence electrons. The van der Waals surface area contributed by atoms with Gasteiger partial charge in [-0.3, -0.25) is 0 Å². The van der Waals surface area contributed by atoms with Crippen LogP contribution in [0.2, 0.25) is 5.02 Å². The second-order valence-electron chi connectivity index (χ2n) is 12.5. The second kappa shape index (κ2) is 10.5. The number of pyridine rings is 1. The molecule has 2 fully saturated rings. The number of piperazine rings is 1. The molecule has 1 amide bonds. The molecule has 0 unspecified atom stereocenters. The van der Waals surface area contributed by atoms with Crippen molar-refractivity contribution >= 4 is 34.5 Å². The smallest absolute Gasteiger partial charge is 0.410 e. The Morgan fingerprint density at radius 2 is 1.96 bits per heavy atom. The van der Waals surface area contributed by atoms with E-state index >= 15 is 4.39 Å². The van der Waals surface area contributed by atoms with Crippen LogP contribution in [0.15, 0.2) is 29.3 Å². The van der Waals surface area contributed by atoms with Gasteiger partial charge in [-0.15, -0.1) is 0 Å². The number of carbonyl (C=O) groups is 1. The quantitative estimate of drug-likeness (QED) is 0.336. The maximum absolute atomic E-state index is 15.3. The van der Waals surface area contributed by atoms with Gasteiger partial charge >= 0.3 is 11.8 Å². The molecule has 12 nitrogen and oxygen atoms in total. The summed E-state index contributed by atoms with van der Waals surface area (Å²) >= 11 is 6.95. The number of phenolic OH excluding ortho intramolecular Hbond substituents is 1. The maximum Gasteiger partial charge on any atom is 0.410 e. The number of anilines is 1. The monoisotopic (exact) mass is 635 g/mol. The van der Waals surface area contributed by atoms with Crippen LogP contribution in [-0.2, 0) is 4.74 Å². The van der Waals surface area contributed by atoms with Crippen LogP contribution in [0.5, 0.6) is 11.5 Å². The Morgan fingerprint density at radius 1 is 1.18 bits per heavy atom. The zero-order valence-corrected chi connectivity index (χ0v) is 25.9. The molecule has 4 aromatic rings. The number of hydrogen-bond acceptors (Lipinski definition) is 10. The number of aromatic nitrogens is 5. The molecule has 3 aliphatic rings. The van der Waals surface area contributed by atoms with Crippen molar-refractivity contribution in [2.45, 2.75) is 58.1 Å². The lowest BCUT2D eigenvalue weighted by molar-refractivity contribution is 0.0202. The Labute approximate surface area is 262 Å². The second-order valence-corrected chi connectivity index (χ2v) is 12.9. The summed E-state index contributed by atoms with van der Waals surface area (Å²) in [5.41, 5.74) is 0.139. The number of aryl methyl sites for hydroxylation is 1. The number of aromatic hydroxyl groups is 1. The summed E-state index contributed by atoms with van der Waals surface area (Å²) in [5.74, 6) is -0.570. The molecule has 0 bridgehead atoms. The molecule has 1 aromatic carbocycles. The predicted molar refractivity (Wildman–Crippen MR) is 164 cm³/mol. The number of ether oxygens (including phenoxy) is 2. The lowest BCUT2D eigenvalue weighted by atomic mass is 10.1. The van der Waals surface area contributed by atoms with E-state index < -0.39 is 29.2 Å². The van der Waals surface area contributed by atoms with E-state index in [0.29, 0.717) is 35.6 Å². The van der Waals surface area contributed by atoms with Crippen molar-refractivity contribution in [2.75, 3.05) is 31.1 Å². The van der Waals surface area contributed by atoms with Gasteiger partial charge in [0.2, 0.25) is 0 Å². The first kappa shape index (κ1) is 29.2. The van der Waals surface area contributed by atoms with Crippen molar-refractivity contribution in [3.8, 4) is 28.4 Å². The highest BCUT2D eigenvalue weighted by Gasteiger charge is 2.39. The average Bonchev–Trinajstić information content (AvgIpc) is 3.83. The molecule has 1 saturated carbocycles. The molecule has 5 heterocycles. The fourth-order valence-corrected chi connectivity index (χ4v) is 6.29. The van der Waals surface area contributed by atoms with Gasteiger partial charge in [-0.25, -0.2) is 33.5 Å². The van der Waals surface area contributed by atoms with Crippen LogP contribution in [0.3, 0.4) is 0 Å². The minimum absolute atomic E-state index is 0.0524. The van der Waals surface area contributed by atoms with Gasteiger partial charge in [0.1, 0.15) is 52.0 Å². The number of hydrogen-bond donors (Lipinski definition) is 1. The third-order valence-corrected chi connectivity index (χ3v) is 8.53. The molecule has 1 N–H and O–H groups in total. The van der Waals surface area contributed by atoms with E-state index in [4.69, 9.17) is 26.1 Å². The van der Waals surface area contributed by atoms with E-state index in [9.17, 15) is 14.7 Å². The van der Waals surface area contributed by atoms with Crippen molar-refractivity contribution in [3.05, 3.63) is 57.2 Å². The van der Waals surface area contributed by atoms with E-state index in [1.165, 1.54) is 29.1 Å². The summed E-state index contributed by atoms with van der Waals surface area (Å²) in [4.78, 5) is 48.8. The topological polar surface area (TPSA) is 136 Å². The third-order valence-electron chi connectivity index (χ3n) is 8.18. The van der Waals surface area contributed by atoms with Crippen molar-refractivity contribution in [2.24, 2.45) is 0 Å². The molecule has 1 atom stereocenters. The lowest BCUT2D eigenvalue weighted by Gasteiger charge is -2.41. The van der Waals surface area contributed by atoms with Crippen LogP contribution >= 0.6 is 11.6 Å². The minimum Gasteiger partial charge on any atom is -0.507 e. The lowest BCUT2D eigenvalue weighted by Crippen LogP contribution is -2.57. The van der Waals surface area contributed by atoms with Crippen molar-refractivity contribution in [1.82, 2.24) is 29.4 Å². The van der Waals surface area contributed by atoms with Gasteiger partial charge in [0, 0.05) is 25.6 Å². The van der Waals surface area contributed by atoms with Crippen LogP contribution in [-0.4, -0.2) is 78.5 Å². The molecule has 45 heavy (non-hydrogen) atoms. The standard InChI is InChI=1S/C31H31ClFN7O5/c1-15-25(23(16-8-9-16)35-14-34-15)40-28-21-26(22(32)24(36-28)20-18(33)6-5-7-19(20)41)44-13-17-12-38(30(43)45-31(2,3)4)10-11-39(17)27(21)37-29(40)42/h5-7,14,16-17,41H,8-13H2,1-4H3/t17-/m1/s1. The van der Waals surface area contributed by atoms with Crippen LogP contribution in [0.4, 0.5) is 15.0 Å². The van der Waals surface area contributed by atoms with Crippen molar-refractivity contribution in [3.63, 3.8) is 0 Å². The van der Waals surface area contributed by atoms with Gasteiger partial charge in [0.15, 0.2) is 11.4 Å². The highest BCUT2D eigenvalue weighted by Crippen LogP contribution is 2.48. The van der Waals surface area contributed by atoms with E-state index in [-0.39, 0.29) is 58.3 Å². The number of amides is 1. The Kier molecular flexibility index (Phi) is 6.84. The molecule has 7 rings (SSSR count). The summed E-state index contributed by atoms with van der Waals surface area (Å²) < 4.78 is 28.6. The first-order valence-corrected chi connectivity index (χ1v) is 15.1. The summed E-state index contributed by atoms with van der Waals surface area (Å²) in [6.07, 6.45) is 2.83. The zero-order chi connectivity index (χ0) is 31.8. The number of nitrogens with zero attached hydrogens (tertiary/aromatic N) is 7. The fourth-order valence-electron chi connectivity index (χ4n) is 6.00. The zero-order valence-electron chi connectivity index (χ0n) is 25.2. The van der Waals surface area contributed by atoms with Crippen LogP contribution in [0.25, 0.3) is 28.0 Å². The molecule has 1 aliphatic carbocycles. The highest BCUT2D eigenvalue weighted by atomic mass is 35.5. The number of phenols is 1. The largest absolute Gasteiger partial charge is 0.507 e. The molecule has 3 aromatic heterocycles. The van der Waals surface area contributed by atoms with Crippen molar-refractivity contribution < 1.29 is 23.8 Å². The van der Waals surface area contributed by atoms with E-state index in [0.717, 1.165) is 12.8 Å². The number of carbonyl (C=O) groups excluding carboxylic acids is 1. The Balaban J connectivity index is 1.47. The number of fused-ring (bicyclic) bond motifs is 2. The van der Waals surface area contributed by atoms with Gasteiger partial charge < -0.3 is 24.4 Å². The summed E-state index contributed by atoms with van der Waals surface area (Å²) in [6, 6.07) is 3.46. The maximum atomic E-state index is 15.3. The third kappa shape index (κ3) is 4.98. The average molecular weight is 636 g/mol. The Bertz CT molecular complexity index is 1920. The number of rotatable bonds is 3. The fraction of sp³-hybridized carbons (Fsp3) is 0.419. The Morgan fingerprint density at radius 3 is 2.67 bits per heavy atom. The normalized spacial score (nSPS) is 18.0. The molecule has 0 radical (unpaired) electrons. The van der Waals surface area contributed by atoms with Crippen molar-refractivity contribution in [1.29, 1.82) is 0 Å². The van der Waals surface area contributed by atoms with E-state index in [1.807, 2.05) is 4.90 Å². The molecular weight excluding hydrogens is 605 g/mol. The minimum atomic E-state index is -0.754. The molecule has 2 aliphatic heterocycles. The van der Waals surface area contributed by atoms with E-state index in [2.05, 4.69) is 15.0 Å².